The molecular formula is C10H20F4O2Si. The quantitative estimate of drug-likeness (QED) is 0.419. The van der Waals surface area contributed by atoms with E-state index in [0.29, 0.717) is 19.4 Å². The SMILES string of the molecule is CC(F)(F)CC(F)(F)COCCC[Si](C)(C)O. The molecule has 0 aromatic heterocycles. The number of hydrogen-bond acceptors (Lipinski definition) is 2. The summed E-state index contributed by atoms with van der Waals surface area (Å²) in [5, 5.41) is 0. The van der Waals surface area contributed by atoms with Crippen molar-refractivity contribution in [2.75, 3.05) is 13.2 Å². The molecule has 0 unspecified atom stereocenters. The Balaban J connectivity index is 3.74. The molecule has 7 heteroatoms. The van der Waals surface area contributed by atoms with Crippen LogP contribution in [0.15, 0.2) is 0 Å². The third-order valence-electron chi connectivity index (χ3n) is 1.96. The molecule has 0 aromatic rings. The van der Waals surface area contributed by atoms with E-state index in [1.54, 1.807) is 13.1 Å². The highest BCUT2D eigenvalue weighted by atomic mass is 28.4. The fraction of sp³-hybridized carbons (Fsp3) is 1.00. The third-order valence-corrected chi connectivity index (χ3v) is 3.54. The average Bonchev–Trinajstić information content (AvgIpc) is 1.95. The van der Waals surface area contributed by atoms with E-state index < -0.39 is 33.2 Å². The van der Waals surface area contributed by atoms with Crippen molar-refractivity contribution in [2.24, 2.45) is 0 Å². The summed E-state index contributed by atoms with van der Waals surface area (Å²) in [6, 6.07) is 0.544. The minimum Gasteiger partial charge on any atom is -0.432 e. The van der Waals surface area contributed by atoms with E-state index in [0.717, 1.165) is 0 Å². The topological polar surface area (TPSA) is 29.5 Å². The standard InChI is InChI=1S/C10H20F4O2Si/c1-9(11,12)7-10(13,14)8-16-5-4-6-17(2,3)15/h15H,4-8H2,1-3H3. The number of halogens is 4. The minimum atomic E-state index is -3.51. The second-order valence-electron chi connectivity index (χ2n) is 5.07. The Morgan fingerprint density at radius 2 is 1.71 bits per heavy atom. The molecule has 0 amide bonds. The first-order valence-corrected chi connectivity index (χ1v) is 8.63. The molecule has 1 N–H and O–H groups in total. The first kappa shape index (κ1) is 16.9. The highest BCUT2D eigenvalue weighted by Gasteiger charge is 2.40. The molecule has 0 saturated carbocycles. The molecule has 0 aromatic carbocycles. The van der Waals surface area contributed by atoms with E-state index >= 15 is 0 Å². The van der Waals surface area contributed by atoms with Gasteiger partial charge < -0.3 is 9.53 Å². The smallest absolute Gasteiger partial charge is 0.276 e. The number of alkyl halides is 4. The summed E-state index contributed by atoms with van der Waals surface area (Å²) in [7, 11) is -2.18. The highest BCUT2D eigenvalue weighted by Crippen LogP contribution is 2.30. The zero-order valence-corrected chi connectivity index (χ0v) is 11.4. The molecule has 0 bridgehead atoms. The van der Waals surface area contributed by atoms with Gasteiger partial charge >= 0.3 is 0 Å². The fourth-order valence-electron chi connectivity index (χ4n) is 1.33. The summed E-state index contributed by atoms with van der Waals surface area (Å²) in [6.07, 6.45) is -1.03. The van der Waals surface area contributed by atoms with Crippen LogP contribution in [-0.4, -0.2) is 38.2 Å². The molecule has 0 atom stereocenters. The van der Waals surface area contributed by atoms with Crippen LogP contribution in [0.2, 0.25) is 19.1 Å². The molecule has 0 aliphatic carbocycles. The molecule has 0 heterocycles. The summed E-state index contributed by atoms with van der Waals surface area (Å²) >= 11 is 0. The van der Waals surface area contributed by atoms with Crippen LogP contribution in [0, 0.1) is 0 Å². The molecule has 0 aliphatic heterocycles. The average molecular weight is 276 g/mol. The Hall–Kier alpha value is -0.143. The van der Waals surface area contributed by atoms with Gasteiger partial charge in [-0.1, -0.05) is 0 Å². The van der Waals surface area contributed by atoms with Gasteiger partial charge in [0.2, 0.25) is 0 Å². The van der Waals surface area contributed by atoms with Gasteiger partial charge in [-0.2, -0.15) is 0 Å². The normalized spacial score (nSPS) is 14.1. The molecule has 104 valence electrons. The molecule has 2 nitrogen and oxygen atoms in total. The van der Waals surface area contributed by atoms with E-state index in [1.807, 2.05) is 0 Å². The molecular weight excluding hydrogens is 256 g/mol. The third kappa shape index (κ3) is 12.1. The largest absolute Gasteiger partial charge is 0.432 e. The van der Waals surface area contributed by atoms with Crippen molar-refractivity contribution in [3.05, 3.63) is 0 Å². The van der Waals surface area contributed by atoms with E-state index in [2.05, 4.69) is 4.74 Å². The maximum Gasteiger partial charge on any atom is 0.276 e. The lowest BCUT2D eigenvalue weighted by Gasteiger charge is -2.20. The fourth-order valence-corrected chi connectivity index (χ4v) is 2.34. The van der Waals surface area contributed by atoms with Gasteiger partial charge in [-0.15, -0.1) is 0 Å². The first-order valence-electron chi connectivity index (χ1n) is 5.47. The van der Waals surface area contributed by atoms with Crippen molar-refractivity contribution in [1.29, 1.82) is 0 Å². The highest BCUT2D eigenvalue weighted by molar-refractivity contribution is 6.69. The summed E-state index contributed by atoms with van der Waals surface area (Å²) in [4.78, 5) is 9.47. The first-order chi connectivity index (χ1) is 7.41. The molecule has 17 heavy (non-hydrogen) atoms. The van der Waals surface area contributed by atoms with Crippen LogP contribution in [0.5, 0.6) is 0 Å². The monoisotopic (exact) mass is 276 g/mol. The molecule has 0 aliphatic rings. The van der Waals surface area contributed by atoms with Gasteiger partial charge in [0.15, 0.2) is 8.32 Å². The van der Waals surface area contributed by atoms with Crippen LogP contribution in [0.3, 0.4) is 0 Å². The Bertz CT molecular complexity index is 223. The Kier molecular flexibility index (Phi) is 6.10. The van der Waals surface area contributed by atoms with Gasteiger partial charge in [-0.05, 0) is 32.5 Å². The van der Waals surface area contributed by atoms with Crippen molar-refractivity contribution in [1.82, 2.24) is 0 Å². The summed E-state index contributed by atoms with van der Waals surface area (Å²) in [5.41, 5.74) is 0. The van der Waals surface area contributed by atoms with Gasteiger partial charge in [-0.25, -0.2) is 17.6 Å². The van der Waals surface area contributed by atoms with Gasteiger partial charge in [-0.3, -0.25) is 0 Å². The van der Waals surface area contributed by atoms with Crippen LogP contribution in [0.25, 0.3) is 0 Å². The van der Waals surface area contributed by atoms with Gasteiger partial charge in [0.1, 0.15) is 6.61 Å². The van der Waals surface area contributed by atoms with Crippen LogP contribution in [0.4, 0.5) is 17.6 Å². The van der Waals surface area contributed by atoms with Crippen LogP contribution in [0.1, 0.15) is 19.8 Å². The van der Waals surface area contributed by atoms with Gasteiger partial charge in [0.25, 0.3) is 11.8 Å². The maximum atomic E-state index is 12.9. The summed E-state index contributed by atoms with van der Waals surface area (Å²) in [6.45, 7) is 2.99. The van der Waals surface area contributed by atoms with E-state index in [9.17, 15) is 22.4 Å². The molecule has 0 fully saturated rings. The maximum absolute atomic E-state index is 12.9. The Labute approximate surface area is 100 Å². The van der Waals surface area contributed by atoms with E-state index in [1.165, 1.54) is 0 Å². The van der Waals surface area contributed by atoms with Crippen molar-refractivity contribution in [2.45, 2.75) is 50.7 Å². The van der Waals surface area contributed by atoms with Crippen LogP contribution < -0.4 is 0 Å². The van der Waals surface area contributed by atoms with Crippen molar-refractivity contribution < 1.29 is 27.1 Å². The summed E-state index contributed by atoms with van der Waals surface area (Å²) in [5.74, 6) is -6.91. The van der Waals surface area contributed by atoms with Crippen LogP contribution in [-0.2, 0) is 4.74 Å². The molecule has 0 saturated heterocycles. The number of hydrogen-bond donors (Lipinski definition) is 1. The molecule has 0 spiro atoms. The summed E-state index contributed by atoms with van der Waals surface area (Å²) < 4.78 is 55.3. The van der Waals surface area contributed by atoms with Gasteiger partial charge in [0.05, 0.1) is 6.42 Å². The predicted octanol–water partition coefficient (Wildman–Crippen LogP) is 3.27. The van der Waals surface area contributed by atoms with Crippen molar-refractivity contribution in [3.8, 4) is 0 Å². The van der Waals surface area contributed by atoms with E-state index in [4.69, 9.17) is 0 Å². The Morgan fingerprint density at radius 1 is 1.18 bits per heavy atom. The lowest BCUT2D eigenvalue weighted by atomic mass is 10.1. The van der Waals surface area contributed by atoms with Crippen molar-refractivity contribution in [3.63, 3.8) is 0 Å². The zero-order valence-electron chi connectivity index (χ0n) is 10.4. The minimum absolute atomic E-state index is 0.0574. The van der Waals surface area contributed by atoms with Crippen LogP contribution >= 0.6 is 0 Å². The Morgan fingerprint density at radius 3 is 2.12 bits per heavy atom. The van der Waals surface area contributed by atoms with E-state index in [-0.39, 0.29) is 6.61 Å². The number of ether oxygens (including phenoxy) is 1. The molecule has 0 rings (SSSR count). The second-order valence-corrected chi connectivity index (χ2v) is 9.20. The second kappa shape index (κ2) is 6.15. The predicted molar refractivity (Wildman–Crippen MR) is 60.1 cm³/mol. The zero-order chi connectivity index (χ0) is 13.7. The lowest BCUT2D eigenvalue weighted by Crippen LogP contribution is -2.31. The molecule has 0 radical (unpaired) electrons. The lowest BCUT2D eigenvalue weighted by molar-refractivity contribution is -0.136. The van der Waals surface area contributed by atoms with Crippen molar-refractivity contribution >= 4 is 8.32 Å². The number of rotatable bonds is 8. The van der Waals surface area contributed by atoms with Gasteiger partial charge in [0, 0.05) is 6.61 Å².